The molecule has 208 valence electrons. The Hall–Kier alpha value is -3.04. The van der Waals surface area contributed by atoms with E-state index in [1.54, 1.807) is 40.7 Å². The van der Waals surface area contributed by atoms with E-state index in [1.807, 2.05) is 30.3 Å². The van der Waals surface area contributed by atoms with Crippen molar-refractivity contribution in [3.63, 3.8) is 0 Å². The molecule has 0 aliphatic carbocycles. The van der Waals surface area contributed by atoms with Gasteiger partial charge < -0.3 is 24.3 Å². The molecular formula is C29H36F3NO5. The number of ether oxygens (including phenoxy) is 4. The molecule has 3 rings (SSSR count). The summed E-state index contributed by atoms with van der Waals surface area (Å²) in [6, 6.07) is 13.6. The second-order valence-corrected chi connectivity index (χ2v) is 10.8. The summed E-state index contributed by atoms with van der Waals surface area (Å²) in [5.74, 6) is -1.09. The third-order valence-corrected chi connectivity index (χ3v) is 5.72. The Labute approximate surface area is 222 Å². The zero-order valence-electron chi connectivity index (χ0n) is 22.5. The van der Waals surface area contributed by atoms with Crippen LogP contribution < -0.4 is 10.1 Å². The Morgan fingerprint density at radius 2 is 1.71 bits per heavy atom. The van der Waals surface area contributed by atoms with Crippen LogP contribution in [0.2, 0.25) is 0 Å². The molecule has 1 fully saturated rings. The smallest absolute Gasteiger partial charge is 0.419 e. The van der Waals surface area contributed by atoms with Crippen molar-refractivity contribution in [2.45, 2.75) is 70.6 Å². The predicted molar refractivity (Wildman–Crippen MR) is 139 cm³/mol. The summed E-state index contributed by atoms with van der Waals surface area (Å²) in [7, 11) is 0. The summed E-state index contributed by atoms with van der Waals surface area (Å²) in [4.78, 5) is 12.5. The molecule has 1 heterocycles. The van der Waals surface area contributed by atoms with Crippen LogP contribution in [0.4, 0.5) is 18.0 Å². The fraction of sp³-hybridized carbons (Fsp3) is 0.483. The molecule has 0 saturated carbocycles. The standard InChI is InChI=1S/C29H36F3NO5/c1-26(2,3)38-25(34)33-28(19-36-27(4,5)37-20-28)16-15-22-13-14-24(23(18-22)29(30,31)32)35-17-9-12-21-10-7-6-8-11-21/h6-8,10-11,13-16,18H,9,12,17,19-20H2,1-5H3,(H,33,34). The zero-order valence-corrected chi connectivity index (χ0v) is 22.5. The summed E-state index contributed by atoms with van der Waals surface area (Å²) in [5, 5.41) is 2.76. The quantitative estimate of drug-likeness (QED) is 0.378. The first-order chi connectivity index (χ1) is 17.7. The minimum atomic E-state index is -4.61. The summed E-state index contributed by atoms with van der Waals surface area (Å²) >= 11 is 0. The SMILES string of the molecule is CC(C)(C)OC(=O)NC1(C=Cc2ccc(OCCCc3ccccc3)c(C(F)(F)F)c2)COC(C)(C)OC1. The van der Waals surface area contributed by atoms with Gasteiger partial charge in [0, 0.05) is 0 Å². The predicted octanol–water partition coefficient (Wildman–Crippen LogP) is 6.78. The van der Waals surface area contributed by atoms with Crippen molar-refractivity contribution in [2.75, 3.05) is 19.8 Å². The van der Waals surface area contributed by atoms with Gasteiger partial charge in [-0.25, -0.2) is 4.79 Å². The first-order valence-electron chi connectivity index (χ1n) is 12.5. The maximum absolute atomic E-state index is 13.9. The molecule has 6 nitrogen and oxygen atoms in total. The molecule has 0 atom stereocenters. The molecule has 2 aromatic carbocycles. The number of amides is 1. The van der Waals surface area contributed by atoms with Gasteiger partial charge in [0.2, 0.25) is 0 Å². The van der Waals surface area contributed by atoms with E-state index in [1.165, 1.54) is 18.2 Å². The molecule has 1 aliphatic heterocycles. The number of alkyl halides is 3. The fourth-order valence-corrected chi connectivity index (χ4v) is 3.76. The topological polar surface area (TPSA) is 66.0 Å². The van der Waals surface area contributed by atoms with Crippen LogP contribution in [0.15, 0.2) is 54.6 Å². The maximum atomic E-state index is 13.9. The highest BCUT2D eigenvalue weighted by Gasteiger charge is 2.41. The highest BCUT2D eigenvalue weighted by molar-refractivity contribution is 5.70. The highest BCUT2D eigenvalue weighted by Crippen LogP contribution is 2.37. The van der Waals surface area contributed by atoms with Gasteiger partial charge in [-0.3, -0.25) is 0 Å². The van der Waals surface area contributed by atoms with E-state index in [4.69, 9.17) is 18.9 Å². The first-order valence-corrected chi connectivity index (χ1v) is 12.5. The van der Waals surface area contributed by atoms with Gasteiger partial charge in [0.15, 0.2) is 5.79 Å². The van der Waals surface area contributed by atoms with Crippen LogP contribution in [0.1, 0.15) is 57.7 Å². The molecule has 0 aromatic heterocycles. The highest BCUT2D eigenvalue weighted by atomic mass is 19.4. The Morgan fingerprint density at radius 3 is 2.32 bits per heavy atom. The van der Waals surface area contributed by atoms with Crippen molar-refractivity contribution in [1.82, 2.24) is 5.32 Å². The Bertz CT molecular complexity index is 1100. The molecule has 0 spiro atoms. The van der Waals surface area contributed by atoms with E-state index in [9.17, 15) is 18.0 Å². The summed E-state index contributed by atoms with van der Waals surface area (Å²) in [6.07, 6.45) is -0.941. The summed E-state index contributed by atoms with van der Waals surface area (Å²) < 4.78 is 64.0. The van der Waals surface area contributed by atoms with E-state index in [-0.39, 0.29) is 31.1 Å². The number of carbonyl (C=O) groups excluding carboxylic acids is 1. The van der Waals surface area contributed by atoms with Gasteiger partial charge >= 0.3 is 12.3 Å². The van der Waals surface area contributed by atoms with E-state index in [0.29, 0.717) is 12.8 Å². The van der Waals surface area contributed by atoms with Crippen LogP contribution >= 0.6 is 0 Å². The number of halogens is 3. The van der Waals surface area contributed by atoms with Crippen molar-refractivity contribution in [3.8, 4) is 5.75 Å². The van der Waals surface area contributed by atoms with Gasteiger partial charge in [0.1, 0.15) is 16.9 Å². The van der Waals surface area contributed by atoms with E-state index < -0.39 is 34.8 Å². The van der Waals surface area contributed by atoms with Gasteiger partial charge in [-0.1, -0.05) is 48.6 Å². The van der Waals surface area contributed by atoms with Crippen LogP contribution in [0, 0.1) is 0 Å². The molecule has 38 heavy (non-hydrogen) atoms. The van der Waals surface area contributed by atoms with Gasteiger partial charge in [0.25, 0.3) is 0 Å². The van der Waals surface area contributed by atoms with Crippen LogP contribution in [-0.4, -0.2) is 42.8 Å². The van der Waals surface area contributed by atoms with Gasteiger partial charge in [-0.05, 0) is 70.7 Å². The molecule has 0 bridgehead atoms. The summed E-state index contributed by atoms with van der Waals surface area (Å²) in [5.41, 5.74) is -1.36. The molecule has 1 aliphatic rings. The number of benzene rings is 2. The lowest BCUT2D eigenvalue weighted by Crippen LogP contribution is -2.60. The number of aryl methyl sites for hydroxylation is 1. The van der Waals surface area contributed by atoms with Crippen LogP contribution in [-0.2, 0) is 26.8 Å². The lowest BCUT2D eigenvalue weighted by molar-refractivity contribution is -0.263. The number of rotatable bonds is 8. The minimum Gasteiger partial charge on any atom is -0.493 e. The molecule has 9 heteroatoms. The molecule has 2 aromatic rings. The average Bonchev–Trinajstić information content (AvgIpc) is 2.82. The van der Waals surface area contributed by atoms with Gasteiger partial charge in [-0.2, -0.15) is 13.2 Å². The Balaban J connectivity index is 1.76. The van der Waals surface area contributed by atoms with Gasteiger partial charge in [-0.15, -0.1) is 0 Å². The number of alkyl carbamates (subject to hydrolysis) is 1. The van der Waals surface area contributed by atoms with Crippen molar-refractivity contribution < 1.29 is 36.9 Å². The van der Waals surface area contributed by atoms with E-state index in [2.05, 4.69) is 5.32 Å². The molecule has 1 saturated heterocycles. The van der Waals surface area contributed by atoms with Crippen LogP contribution in [0.25, 0.3) is 6.08 Å². The molecular weight excluding hydrogens is 499 g/mol. The molecule has 0 unspecified atom stereocenters. The Morgan fingerprint density at radius 1 is 1.05 bits per heavy atom. The normalized spacial score (nSPS) is 17.3. The molecule has 1 N–H and O–H groups in total. The van der Waals surface area contributed by atoms with Gasteiger partial charge in [0.05, 0.1) is 25.4 Å². The van der Waals surface area contributed by atoms with Crippen molar-refractivity contribution >= 4 is 12.2 Å². The first kappa shape index (κ1) is 29.5. The molecule has 0 radical (unpaired) electrons. The number of hydrogen-bond acceptors (Lipinski definition) is 5. The second kappa shape index (κ2) is 11.8. The van der Waals surface area contributed by atoms with Crippen molar-refractivity contribution in [2.24, 2.45) is 0 Å². The van der Waals surface area contributed by atoms with Crippen molar-refractivity contribution in [3.05, 3.63) is 71.3 Å². The van der Waals surface area contributed by atoms with Crippen molar-refractivity contribution in [1.29, 1.82) is 0 Å². The Kier molecular flexibility index (Phi) is 9.15. The van der Waals surface area contributed by atoms with E-state index >= 15 is 0 Å². The lowest BCUT2D eigenvalue weighted by Gasteiger charge is -2.42. The fourth-order valence-electron chi connectivity index (χ4n) is 3.76. The number of nitrogens with one attached hydrogen (secondary N) is 1. The third-order valence-electron chi connectivity index (χ3n) is 5.72. The maximum Gasteiger partial charge on any atom is 0.419 e. The number of carbonyl (C=O) groups is 1. The van der Waals surface area contributed by atoms with Crippen LogP contribution in [0.3, 0.4) is 0 Å². The summed E-state index contributed by atoms with van der Waals surface area (Å²) in [6.45, 7) is 8.92. The largest absolute Gasteiger partial charge is 0.493 e. The van der Waals surface area contributed by atoms with Crippen LogP contribution in [0.5, 0.6) is 5.75 Å². The zero-order chi connectivity index (χ0) is 28.0. The monoisotopic (exact) mass is 535 g/mol. The molecule has 1 amide bonds. The average molecular weight is 536 g/mol. The second-order valence-electron chi connectivity index (χ2n) is 10.8. The minimum absolute atomic E-state index is 0.0461. The number of hydrogen-bond donors (Lipinski definition) is 1. The third kappa shape index (κ3) is 9.06. The lowest BCUT2D eigenvalue weighted by atomic mass is 9.97. The van der Waals surface area contributed by atoms with E-state index in [0.717, 1.165) is 11.6 Å².